The molecular formula is C28H34FN5O6. The van der Waals surface area contributed by atoms with Crippen molar-refractivity contribution in [3.8, 4) is 12.3 Å². The number of aromatic nitrogens is 4. The van der Waals surface area contributed by atoms with Crippen molar-refractivity contribution in [2.24, 2.45) is 29.1 Å². The molecule has 4 bridgehead atoms. The zero-order valence-corrected chi connectivity index (χ0v) is 22.7. The number of fused-ring (bicyclic) bond motifs is 1. The number of hydrogen-bond acceptors (Lipinski definition) is 10. The molecule has 4 saturated carbocycles. The van der Waals surface area contributed by atoms with Crippen LogP contribution < -0.4 is 5.73 Å². The topological polar surface area (TPSA) is 141 Å². The normalized spacial score (nSPS) is 34.2. The van der Waals surface area contributed by atoms with Crippen molar-refractivity contribution in [1.29, 1.82) is 0 Å². The maximum absolute atomic E-state index is 14.0. The number of carbonyl (C=O) groups is 2. The lowest BCUT2D eigenvalue weighted by Crippen LogP contribution is -2.49. The largest absolute Gasteiger partial charge is 0.508 e. The number of terminal acetylenes is 1. The maximum Gasteiger partial charge on any atom is 0.508 e. The highest BCUT2D eigenvalue weighted by atomic mass is 19.1. The van der Waals surface area contributed by atoms with Gasteiger partial charge >= 0.3 is 18.2 Å². The molecule has 1 saturated heterocycles. The monoisotopic (exact) mass is 555 g/mol. The Labute approximate surface area is 231 Å². The summed E-state index contributed by atoms with van der Waals surface area (Å²) >= 11 is 0. The number of nitrogen functional groups attached to an aromatic ring is 1. The van der Waals surface area contributed by atoms with E-state index in [-0.39, 0.29) is 28.8 Å². The number of hydrogen-bond donors (Lipinski definition) is 1. The molecular weight excluding hydrogens is 521 g/mol. The number of nitrogens with zero attached hydrogens (tertiary/aromatic N) is 4. The summed E-state index contributed by atoms with van der Waals surface area (Å²) in [5, 5.41) is 0. The van der Waals surface area contributed by atoms with Gasteiger partial charge in [-0.05, 0) is 56.3 Å². The van der Waals surface area contributed by atoms with Gasteiger partial charge in [-0.15, -0.1) is 6.42 Å². The average molecular weight is 556 g/mol. The molecule has 0 aromatic carbocycles. The molecule has 0 spiro atoms. The first kappa shape index (κ1) is 26.7. The second-order valence-electron chi connectivity index (χ2n) is 12.4. The van der Waals surface area contributed by atoms with Crippen molar-refractivity contribution in [3.63, 3.8) is 0 Å². The van der Waals surface area contributed by atoms with E-state index in [1.165, 1.54) is 30.2 Å². The van der Waals surface area contributed by atoms with Gasteiger partial charge in [0.2, 0.25) is 5.60 Å². The number of ether oxygens (including phenoxy) is 4. The summed E-state index contributed by atoms with van der Waals surface area (Å²) in [6, 6.07) is 0. The molecule has 1 aliphatic heterocycles. The van der Waals surface area contributed by atoms with E-state index in [2.05, 4.69) is 20.9 Å². The highest BCUT2D eigenvalue weighted by molar-refractivity contribution is 5.81. The van der Waals surface area contributed by atoms with Crippen LogP contribution in [0, 0.1) is 47.5 Å². The Bertz CT molecular complexity index is 1340. The van der Waals surface area contributed by atoms with Crippen LogP contribution in [-0.2, 0) is 23.7 Å². The van der Waals surface area contributed by atoms with Crippen LogP contribution in [0.3, 0.4) is 0 Å². The Hall–Kier alpha value is -3.46. The third kappa shape index (κ3) is 4.74. The van der Waals surface area contributed by atoms with Crippen LogP contribution in [0.15, 0.2) is 6.33 Å². The Morgan fingerprint density at radius 2 is 1.80 bits per heavy atom. The summed E-state index contributed by atoms with van der Waals surface area (Å²) < 4.78 is 38.5. The zero-order chi connectivity index (χ0) is 28.2. The first-order valence-corrected chi connectivity index (χ1v) is 13.9. The van der Waals surface area contributed by atoms with Gasteiger partial charge in [0.05, 0.1) is 12.2 Å². The van der Waals surface area contributed by atoms with Crippen molar-refractivity contribution < 1.29 is 32.9 Å². The van der Waals surface area contributed by atoms with Gasteiger partial charge in [0, 0.05) is 11.8 Å². The van der Waals surface area contributed by atoms with E-state index in [1.807, 2.05) is 0 Å². The summed E-state index contributed by atoms with van der Waals surface area (Å²) in [4.78, 5) is 36.8. The average Bonchev–Trinajstić information content (AvgIpc) is 3.47. The van der Waals surface area contributed by atoms with E-state index in [0.717, 1.165) is 37.0 Å². The number of halogens is 1. The third-order valence-corrected chi connectivity index (χ3v) is 9.05. The van der Waals surface area contributed by atoms with Crippen molar-refractivity contribution in [3.05, 3.63) is 12.4 Å². The third-order valence-electron chi connectivity index (χ3n) is 9.05. The lowest BCUT2D eigenvalue weighted by Gasteiger charge is -2.56. The molecule has 3 atom stereocenters. The van der Waals surface area contributed by atoms with E-state index >= 15 is 0 Å². The number of carbonyl (C=O) groups excluding carboxylic acids is 2. The van der Waals surface area contributed by atoms with E-state index < -0.39 is 48.7 Å². The van der Waals surface area contributed by atoms with Gasteiger partial charge in [-0.1, -0.05) is 19.8 Å². The predicted octanol–water partition coefficient (Wildman–Crippen LogP) is 3.78. The molecule has 4 aliphatic carbocycles. The molecule has 0 radical (unpaired) electrons. The molecule has 3 heterocycles. The lowest BCUT2D eigenvalue weighted by molar-refractivity contribution is -0.163. The van der Waals surface area contributed by atoms with E-state index in [0.29, 0.717) is 6.61 Å². The number of rotatable bonds is 7. The van der Waals surface area contributed by atoms with Crippen molar-refractivity contribution in [2.45, 2.75) is 76.7 Å². The molecule has 214 valence electrons. The van der Waals surface area contributed by atoms with Crippen LogP contribution in [0.25, 0.3) is 11.2 Å². The number of anilines is 1. The van der Waals surface area contributed by atoms with Gasteiger partial charge in [0.15, 0.2) is 17.0 Å². The molecule has 7 rings (SSSR count). The van der Waals surface area contributed by atoms with Gasteiger partial charge < -0.3 is 24.7 Å². The van der Waals surface area contributed by atoms with Crippen molar-refractivity contribution >= 4 is 29.1 Å². The number of esters is 1. The number of imidazole rings is 1. The Morgan fingerprint density at radius 3 is 2.42 bits per heavy atom. The SMILES string of the molecule is C#C[C@]1(COC(=O)OCC23CC4CC(CC(C4)C2)C3)O[C@@H](n2cnc3c(N)nc(F)nc32)C[C@@H]1OC(=O)C(C)C. The fraction of sp³-hybridized carbons (Fsp3) is 0.679. The molecule has 0 amide bonds. The molecule has 40 heavy (non-hydrogen) atoms. The minimum atomic E-state index is -1.62. The molecule has 12 heteroatoms. The van der Waals surface area contributed by atoms with E-state index in [9.17, 15) is 14.0 Å². The van der Waals surface area contributed by atoms with Gasteiger partial charge in [0.1, 0.15) is 25.5 Å². The van der Waals surface area contributed by atoms with Crippen LogP contribution in [0.2, 0.25) is 0 Å². The minimum Gasteiger partial charge on any atom is -0.458 e. The van der Waals surface area contributed by atoms with Gasteiger partial charge in [-0.3, -0.25) is 9.36 Å². The van der Waals surface area contributed by atoms with Gasteiger partial charge in [-0.25, -0.2) is 9.78 Å². The van der Waals surface area contributed by atoms with E-state index in [4.69, 9.17) is 31.1 Å². The summed E-state index contributed by atoms with van der Waals surface area (Å²) in [6.45, 7) is 3.30. The summed E-state index contributed by atoms with van der Waals surface area (Å²) in [7, 11) is 0. The summed E-state index contributed by atoms with van der Waals surface area (Å²) in [5.41, 5.74) is 4.48. The highest BCUT2D eigenvalue weighted by Crippen LogP contribution is 2.60. The van der Waals surface area contributed by atoms with Crippen LogP contribution >= 0.6 is 0 Å². The minimum absolute atomic E-state index is 0.0311. The Balaban J connectivity index is 1.17. The second kappa shape index (κ2) is 9.87. The first-order valence-electron chi connectivity index (χ1n) is 13.9. The lowest BCUT2D eigenvalue weighted by atomic mass is 9.50. The fourth-order valence-electron chi connectivity index (χ4n) is 7.63. The Morgan fingerprint density at radius 1 is 1.15 bits per heavy atom. The fourth-order valence-corrected chi connectivity index (χ4v) is 7.63. The van der Waals surface area contributed by atoms with Crippen molar-refractivity contribution in [2.75, 3.05) is 18.9 Å². The van der Waals surface area contributed by atoms with Crippen molar-refractivity contribution in [1.82, 2.24) is 19.5 Å². The molecule has 11 nitrogen and oxygen atoms in total. The number of nitrogens with two attached hydrogens (primary N) is 1. The highest BCUT2D eigenvalue weighted by Gasteiger charge is 2.54. The van der Waals surface area contributed by atoms with Crippen LogP contribution in [-0.4, -0.2) is 56.6 Å². The molecule has 2 aromatic rings. The van der Waals surface area contributed by atoms with Gasteiger partial charge in [0.25, 0.3) is 0 Å². The molecule has 0 unspecified atom stereocenters. The quantitative estimate of drug-likeness (QED) is 0.305. The molecule has 5 aliphatic rings. The smallest absolute Gasteiger partial charge is 0.458 e. The van der Waals surface area contributed by atoms with E-state index in [1.54, 1.807) is 13.8 Å². The zero-order valence-electron chi connectivity index (χ0n) is 22.7. The molecule has 2 aromatic heterocycles. The van der Waals surface area contributed by atoms with Gasteiger partial charge in [-0.2, -0.15) is 14.4 Å². The second-order valence-corrected chi connectivity index (χ2v) is 12.4. The Kier molecular flexibility index (Phi) is 6.60. The predicted molar refractivity (Wildman–Crippen MR) is 139 cm³/mol. The molecule has 5 fully saturated rings. The van der Waals surface area contributed by atoms with Crippen LogP contribution in [0.5, 0.6) is 0 Å². The summed E-state index contributed by atoms with van der Waals surface area (Å²) in [5.74, 6) is 3.66. The van der Waals surface area contributed by atoms with Crippen LogP contribution in [0.4, 0.5) is 15.0 Å². The van der Waals surface area contributed by atoms with Crippen LogP contribution in [0.1, 0.15) is 65.0 Å². The maximum atomic E-state index is 14.0. The first-order chi connectivity index (χ1) is 19.1. The standard InChI is InChI=1S/C28H34FN5O6/c1-4-28(13-38-26(36)37-12-27-9-16-5-17(10-27)7-18(6-16)11-27)19(39-24(35)15(2)3)8-20(40-28)34-14-31-21-22(30)32-25(29)33-23(21)34/h1,14-20H,5-13H2,2-3H3,(H2,30,32,33)/t16?,17?,18?,19-,20+,27?,28+/m0/s1. The summed E-state index contributed by atoms with van der Waals surface area (Å²) in [6.07, 6.45) is 10.8. The molecule has 2 N–H and O–H groups in total.